The van der Waals surface area contributed by atoms with Crippen molar-refractivity contribution in [3.05, 3.63) is 0 Å². The van der Waals surface area contributed by atoms with Crippen molar-refractivity contribution in [1.29, 1.82) is 0 Å². The van der Waals surface area contributed by atoms with Crippen molar-refractivity contribution >= 4 is 11.9 Å². The molecule has 2 N–H and O–H groups in total. The Morgan fingerprint density at radius 3 is 1.73 bits per heavy atom. The van der Waals surface area contributed by atoms with E-state index in [1.807, 2.05) is 0 Å². The van der Waals surface area contributed by atoms with E-state index in [-0.39, 0.29) is 18.5 Å². The van der Waals surface area contributed by atoms with Gasteiger partial charge in [-0.2, -0.15) is 0 Å². The molecule has 1 aliphatic rings. The number of ether oxygens (including phenoxy) is 1. The molecule has 0 atom stereocenters. The van der Waals surface area contributed by atoms with Gasteiger partial charge in [0.15, 0.2) is 0 Å². The Bertz CT molecular complexity index is 727. The third-order valence-electron chi connectivity index (χ3n) is 10.9. The van der Waals surface area contributed by atoms with Gasteiger partial charge >= 0.3 is 5.97 Å². The summed E-state index contributed by atoms with van der Waals surface area (Å²) in [5.41, 5.74) is 0. The molecule has 1 aliphatic carbocycles. The number of nitrogens with zero attached hydrogens (tertiary/aromatic N) is 2. The van der Waals surface area contributed by atoms with Gasteiger partial charge < -0.3 is 20.1 Å². The van der Waals surface area contributed by atoms with E-state index in [4.69, 9.17) is 4.74 Å². The number of unbranched alkanes of at least 4 members (excludes halogenated alkanes) is 14. The second-order valence-corrected chi connectivity index (χ2v) is 15.2. The number of methoxy groups -OCH3 is 1. The first-order valence-corrected chi connectivity index (χ1v) is 21.4. The molecular weight excluding hydrogens is 610 g/mol. The minimum Gasteiger partial charge on any atom is -0.469 e. The van der Waals surface area contributed by atoms with Gasteiger partial charge in [-0.15, -0.1) is 0 Å². The lowest BCUT2D eigenvalue weighted by Crippen LogP contribution is -2.43. The Morgan fingerprint density at radius 1 is 0.653 bits per heavy atom. The summed E-state index contributed by atoms with van der Waals surface area (Å²) in [5.74, 6) is 0.752. The van der Waals surface area contributed by atoms with Crippen LogP contribution in [0.15, 0.2) is 0 Å². The van der Waals surface area contributed by atoms with E-state index >= 15 is 0 Å². The number of rotatable bonds is 34. The number of aliphatic hydroxyl groups is 1. The second-order valence-electron chi connectivity index (χ2n) is 15.2. The van der Waals surface area contributed by atoms with Gasteiger partial charge in [0, 0.05) is 45.1 Å². The molecule has 0 bridgehead atoms. The van der Waals surface area contributed by atoms with Crippen molar-refractivity contribution in [3.63, 3.8) is 0 Å². The van der Waals surface area contributed by atoms with E-state index in [9.17, 15) is 14.7 Å². The van der Waals surface area contributed by atoms with Gasteiger partial charge in [0.25, 0.3) is 0 Å². The maximum atomic E-state index is 12.8. The van der Waals surface area contributed by atoms with Gasteiger partial charge in [0.05, 0.1) is 13.7 Å². The highest BCUT2D eigenvalue weighted by Gasteiger charge is 2.20. The van der Waals surface area contributed by atoms with Crippen LogP contribution in [0.4, 0.5) is 0 Å². The van der Waals surface area contributed by atoms with Gasteiger partial charge in [-0.05, 0) is 70.4 Å². The number of nitrogens with one attached hydrogen (secondary N) is 1. The predicted octanol–water partition coefficient (Wildman–Crippen LogP) is 9.83. The number of esters is 1. The molecule has 0 aromatic rings. The van der Waals surface area contributed by atoms with Crippen LogP contribution in [0.3, 0.4) is 0 Å². The summed E-state index contributed by atoms with van der Waals surface area (Å²) < 4.78 is 4.81. The monoisotopic (exact) mass is 694 g/mol. The average Bonchev–Trinajstić information content (AvgIpc) is 3.40. The maximum Gasteiger partial charge on any atom is 0.305 e. The zero-order chi connectivity index (χ0) is 35.6. The summed E-state index contributed by atoms with van der Waals surface area (Å²) in [7, 11) is 1.46. The smallest absolute Gasteiger partial charge is 0.305 e. The summed E-state index contributed by atoms with van der Waals surface area (Å²) >= 11 is 0. The summed E-state index contributed by atoms with van der Waals surface area (Å²) in [6.07, 6.45) is 33.7. The van der Waals surface area contributed by atoms with Crippen LogP contribution in [-0.2, 0) is 14.3 Å². The highest BCUT2D eigenvalue weighted by molar-refractivity contribution is 5.75. The van der Waals surface area contributed by atoms with Crippen LogP contribution in [0.5, 0.6) is 0 Å². The number of hydrogen-bond donors (Lipinski definition) is 2. The molecule has 0 spiro atoms. The topological polar surface area (TPSA) is 82.1 Å². The van der Waals surface area contributed by atoms with Crippen LogP contribution >= 0.6 is 0 Å². The van der Waals surface area contributed by atoms with Crippen molar-refractivity contribution in [2.45, 2.75) is 200 Å². The molecule has 1 amide bonds. The summed E-state index contributed by atoms with van der Waals surface area (Å²) in [5, 5.41) is 13.1. The molecule has 1 fully saturated rings. The molecule has 0 aliphatic heterocycles. The molecule has 290 valence electrons. The highest BCUT2D eigenvalue weighted by Crippen LogP contribution is 2.22. The Hall–Kier alpha value is -1.18. The van der Waals surface area contributed by atoms with Gasteiger partial charge in [0.1, 0.15) is 0 Å². The van der Waals surface area contributed by atoms with Crippen LogP contribution in [0, 0.1) is 5.92 Å². The van der Waals surface area contributed by atoms with E-state index in [2.05, 4.69) is 29.0 Å². The van der Waals surface area contributed by atoms with Gasteiger partial charge in [-0.3, -0.25) is 14.5 Å². The second kappa shape index (κ2) is 33.9. The molecule has 0 unspecified atom stereocenters. The van der Waals surface area contributed by atoms with Crippen molar-refractivity contribution in [2.24, 2.45) is 5.92 Å². The SMILES string of the molecule is CCCCCCCCC(CCCCCCCC)CNC(=O)CCCCCN(CCCCCC(=O)OC)CCN(CCO)C1CCCCCC1. The molecule has 7 heteroatoms. The Balaban J connectivity index is 2.47. The van der Waals surface area contributed by atoms with Crippen molar-refractivity contribution in [2.75, 3.05) is 53.0 Å². The maximum absolute atomic E-state index is 12.8. The van der Waals surface area contributed by atoms with Crippen LogP contribution in [-0.4, -0.2) is 85.8 Å². The quantitative estimate of drug-likeness (QED) is 0.0397. The van der Waals surface area contributed by atoms with Crippen LogP contribution in [0.25, 0.3) is 0 Å². The fourth-order valence-electron chi connectivity index (χ4n) is 7.64. The minimum absolute atomic E-state index is 0.116. The standard InChI is InChI=1S/C42H83N3O4/c1-4-6-8-10-12-18-26-39(27-19-13-11-9-7-5-2)38-43-41(47)30-22-16-24-32-44(33-25-17-23-31-42(48)49-3)34-35-45(36-37-46)40-28-20-14-15-21-29-40/h39-40,46H,4-38H2,1-3H3,(H,43,47). The molecule has 0 saturated heterocycles. The zero-order valence-electron chi connectivity index (χ0n) is 33.0. The number of amides is 1. The van der Waals surface area contributed by atoms with E-state index in [1.54, 1.807) is 0 Å². The molecule has 1 saturated carbocycles. The molecule has 49 heavy (non-hydrogen) atoms. The Labute approximate surface area is 304 Å². The van der Waals surface area contributed by atoms with Crippen molar-refractivity contribution < 1.29 is 19.4 Å². The molecule has 1 rings (SSSR count). The summed E-state index contributed by atoms with van der Waals surface area (Å²) in [6.45, 7) is 10.5. The number of carbonyl (C=O) groups is 2. The van der Waals surface area contributed by atoms with E-state index in [0.29, 0.717) is 24.8 Å². The van der Waals surface area contributed by atoms with E-state index in [1.165, 1.54) is 136 Å². The van der Waals surface area contributed by atoms with Gasteiger partial charge in [-0.25, -0.2) is 0 Å². The lowest BCUT2D eigenvalue weighted by molar-refractivity contribution is -0.140. The number of carbonyl (C=O) groups excluding carboxylic acids is 2. The molecule has 0 aromatic carbocycles. The van der Waals surface area contributed by atoms with Crippen LogP contribution in [0.1, 0.15) is 194 Å². The van der Waals surface area contributed by atoms with Gasteiger partial charge in [0.2, 0.25) is 5.91 Å². The lowest BCUT2D eigenvalue weighted by Gasteiger charge is -2.33. The predicted molar refractivity (Wildman–Crippen MR) is 208 cm³/mol. The van der Waals surface area contributed by atoms with E-state index in [0.717, 1.165) is 77.8 Å². The number of aliphatic hydroxyl groups excluding tert-OH is 1. The van der Waals surface area contributed by atoms with Crippen LogP contribution in [0.2, 0.25) is 0 Å². The lowest BCUT2D eigenvalue weighted by atomic mass is 9.94. The zero-order valence-corrected chi connectivity index (χ0v) is 33.0. The molecule has 0 heterocycles. The average molecular weight is 694 g/mol. The van der Waals surface area contributed by atoms with Gasteiger partial charge in [-0.1, -0.05) is 129 Å². The largest absolute Gasteiger partial charge is 0.469 e. The third-order valence-corrected chi connectivity index (χ3v) is 10.9. The van der Waals surface area contributed by atoms with E-state index < -0.39 is 0 Å². The third kappa shape index (κ3) is 27.2. The van der Waals surface area contributed by atoms with Crippen LogP contribution < -0.4 is 5.32 Å². The molecule has 0 radical (unpaired) electrons. The molecule has 7 nitrogen and oxygen atoms in total. The highest BCUT2D eigenvalue weighted by atomic mass is 16.5. The normalized spacial score (nSPS) is 14.2. The Morgan fingerprint density at radius 2 is 1.18 bits per heavy atom. The summed E-state index contributed by atoms with van der Waals surface area (Å²) in [4.78, 5) is 29.5. The molecular formula is C42H83N3O4. The number of hydrogen-bond acceptors (Lipinski definition) is 6. The minimum atomic E-state index is -0.116. The summed E-state index contributed by atoms with van der Waals surface area (Å²) in [6, 6.07) is 0.603. The van der Waals surface area contributed by atoms with Crippen molar-refractivity contribution in [1.82, 2.24) is 15.1 Å². The fourth-order valence-corrected chi connectivity index (χ4v) is 7.64. The Kier molecular flexibility index (Phi) is 31.7. The van der Waals surface area contributed by atoms with Crippen molar-refractivity contribution in [3.8, 4) is 0 Å². The first kappa shape index (κ1) is 45.8. The first-order valence-electron chi connectivity index (χ1n) is 21.4. The first-order chi connectivity index (χ1) is 24.0. The molecule has 0 aromatic heterocycles. The fraction of sp³-hybridized carbons (Fsp3) is 0.952.